The molecule has 0 rings (SSSR count). The number of hydrogen-bond acceptors (Lipinski definition) is 2. The lowest BCUT2D eigenvalue weighted by atomic mass is 10.2. The van der Waals surface area contributed by atoms with Crippen LogP contribution in [0.3, 0.4) is 0 Å². The minimum atomic E-state index is -4.36. The van der Waals surface area contributed by atoms with Crippen molar-refractivity contribution in [1.82, 2.24) is 0 Å². The lowest BCUT2D eigenvalue weighted by Gasteiger charge is -2.06. The highest BCUT2D eigenvalue weighted by Crippen LogP contribution is 2.14. The minimum Gasteiger partial charge on any atom is -0.364 e. The van der Waals surface area contributed by atoms with Gasteiger partial charge in [0.15, 0.2) is 5.78 Å². The van der Waals surface area contributed by atoms with Crippen LogP contribution in [0.25, 0.3) is 0 Å². The van der Waals surface area contributed by atoms with Crippen LogP contribution in [0.5, 0.6) is 0 Å². The average molecular weight is 210 g/mol. The zero-order valence-electron chi connectivity index (χ0n) is 7.77. The van der Waals surface area contributed by atoms with E-state index in [2.05, 4.69) is 11.3 Å². The van der Waals surface area contributed by atoms with Gasteiger partial charge in [0.2, 0.25) is 0 Å². The van der Waals surface area contributed by atoms with Crippen molar-refractivity contribution in [3.63, 3.8) is 0 Å². The Labute approximate surface area is 80.7 Å². The van der Waals surface area contributed by atoms with Crippen molar-refractivity contribution in [2.75, 3.05) is 13.2 Å². The highest BCUT2D eigenvalue weighted by Gasteiger charge is 2.27. The third kappa shape index (κ3) is 9.25. The van der Waals surface area contributed by atoms with E-state index in [0.29, 0.717) is 12.8 Å². The minimum absolute atomic E-state index is 0.240. The summed E-state index contributed by atoms with van der Waals surface area (Å²) in [6.45, 7) is 1.64. The molecule has 14 heavy (non-hydrogen) atoms. The van der Waals surface area contributed by atoms with E-state index in [1.165, 1.54) is 0 Å². The second kappa shape index (κ2) is 6.59. The summed E-state index contributed by atoms with van der Waals surface area (Å²) < 4.78 is 38.9. The first kappa shape index (κ1) is 13.2. The van der Waals surface area contributed by atoms with Crippen molar-refractivity contribution in [3.05, 3.63) is 12.7 Å². The molecule has 0 heterocycles. The Morgan fingerprint density at radius 1 is 1.43 bits per heavy atom. The maximum Gasteiger partial charge on any atom is 0.411 e. The fourth-order valence-corrected chi connectivity index (χ4v) is 0.796. The van der Waals surface area contributed by atoms with Crippen LogP contribution in [0.15, 0.2) is 12.7 Å². The number of rotatable bonds is 7. The van der Waals surface area contributed by atoms with Crippen LogP contribution in [0.4, 0.5) is 13.2 Å². The van der Waals surface area contributed by atoms with Crippen LogP contribution < -0.4 is 0 Å². The third-order valence-corrected chi connectivity index (χ3v) is 1.39. The molecule has 0 aromatic rings. The van der Waals surface area contributed by atoms with Gasteiger partial charge in [-0.1, -0.05) is 6.08 Å². The maximum atomic E-state index is 11.6. The number of carbonyl (C=O) groups is 1. The van der Waals surface area contributed by atoms with Crippen LogP contribution in [0, 0.1) is 0 Å². The van der Waals surface area contributed by atoms with Crippen molar-refractivity contribution in [3.8, 4) is 0 Å². The molecule has 0 spiro atoms. The van der Waals surface area contributed by atoms with Crippen molar-refractivity contribution in [2.24, 2.45) is 0 Å². The molecule has 0 saturated carbocycles. The summed E-state index contributed by atoms with van der Waals surface area (Å²) in [5.74, 6) is -0.309. The van der Waals surface area contributed by atoms with Crippen LogP contribution in [0.2, 0.25) is 0 Å². The van der Waals surface area contributed by atoms with Gasteiger partial charge in [0, 0.05) is 6.42 Å². The third-order valence-electron chi connectivity index (χ3n) is 1.39. The lowest BCUT2D eigenvalue weighted by Crippen LogP contribution is -2.20. The molecular weight excluding hydrogens is 197 g/mol. The van der Waals surface area contributed by atoms with E-state index in [1.807, 2.05) is 0 Å². The van der Waals surface area contributed by atoms with E-state index in [9.17, 15) is 18.0 Å². The normalized spacial score (nSPS) is 11.4. The van der Waals surface area contributed by atoms with E-state index in [4.69, 9.17) is 0 Å². The number of ketones is 1. The molecule has 0 fully saturated rings. The second-order valence-corrected chi connectivity index (χ2v) is 2.83. The molecule has 0 aliphatic rings. The molecule has 0 aromatic carbocycles. The summed E-state index contributed by atoms with van der Waals surface area (Å²) in [7, 11) is 0. The Kier molecular flexibility index (Phi) is 6.19. The lowest BCUT2D eigenvalue weighted by molar-refractivity contribution is -0.175. The first-order chi connectivity index (χ1) is 6.45. The van der Waals surface area contributed by atoms with E-state index in [1.54, 1.807) is 6.08 Å². The van der Waals surface area contributed by atoms with Gasteiger partial charge < -0.3 is 4.74 Å². The van der Waals surface area contributed by atoms with Crippen molar-refractivity contribution in [2.45, 2.75) is 25.4 Å². The summed E-state index contributed by atoms with van der Waals surface area (Å²) in [6, 6.07) is 0. The Bertz CT molecular complexity index is 187. The maximum absolute atomic E-state index is 11.6. The average Bonchev–Trinajstić information content (AvgIpc) is 2.02. The van der Waals surface area contributed by atoms with Crippen molar-refractivity contribution < 1.29 is 22.7 Å². The molecule has 2 nitrogen and oxygen atoms in total. The number of unbranched alkanes of at least 4 members (excludes halogenated alkanes) is 1. The van der Waals surface area contributed by atoms with E-state index < -0.39 is 19.4 Å². The molecule has 0 saturated heterocycles. The first-order valence-corrected chi connectivity index (χ1v) is 4.23. The van der Waals surface area contributed by atoms with Crippen LogP contribution >= 0.6 is 0 Å². The predicted molar refractivity (Wildman–Crippen MR) is 45.9 cm³/mol. The van der Waals surface area contributed by atoms with Crippen molar-refractivity contribution >= 4 is 5.78 Å². The molecule has 0 aliphatic heterocycles. The van der Waals surface area contributed by atoms with Gasteiger partial charge >= 0.3 is 6.18 Å². The Morgan fingerprint density at radius 2 is 2.07 bits per heavy atom. The Balaban J connectivity index is 3.40. The van der Waals surface area contributed by atoms with Crippen LogP contribution in [0.1, 0.15) is 19.3 Å². The number of alkyl halides is 3. The Morgan fingerprint density at radius 3 is 2.57 bits per heavy atom. The smallest absolute Gasteiger partial charge is 0.364 e. The predicted octanol–water partition coefficient (Wildman–Crippen LogP) is 2.49. The molecule has 0 bridgehead atoms. The van der Waals surface area contributed by atoms with E-state index in [-0.39, 0.29) is 12.2 Å². The van der Waals surface area contributed by atoms with Gasteiger partial charge in [-0.3, -0.25) is 4.79 Å². The number of hydrogen-bond donors (Lipinski definition) is 0. The standard InChI is InChI=1S/C9H13F3O2/c1-2-3-4-5-8(13)6-14-7-9(10,11)12/h2H,1,3-7H2. The number of Topliss-reactive ketones (excluding diaryl/α,β-unsaturated/α-hetero) is 1. The number of carbonyl (C=O) groups excluding carboxylic acids is 1. The molecular formula is C9H13F3O2. The van der Waals surface area contributed by atoms with Crippen molar-refractivity contribution in [1.29, 1.82) is 0 Å². The van der Waals surface area contributed by atoms with Gasteiger partial charge in [-0.15, -0.1) is 6.58 Å². The van der Waals surface area contributed by atoms with Crippen LogP contribution in [-0.4, -0.2) is 25.2 Å². The fraction of sp³-hybridized carbons (Fsp3) is 0.667. The summed E-state index contributed by atoms with van der Waals surface area (Å²) >= 11 is 0. The van der Waals surface area contributed by atoms with Crippen LogP contribution in [-0.2, 0) is 9.53 Å². The van der Waals surface area contributed by atoms with Gasteiger partial charge in [-0.05, 0) is 12.8 Å². The summed E-state index contributed by atoms with van der Waals surface area (Å²) in [6.07, 6.45) is -1.17. The monoisotopic (exact) mass is 210 g/mol. The highest BCUT2D eigenvalue weighted by molar-refractivity contribution is 5.79. The molecule has 82 valence electrons. The number of allylic oxidation sites excluding steroid dienone is 1. The number of halogens is 3. The molecule has 0 atom stereocenters. The topological polar surface area (TPSA) is 26.3 Å². The largest absolute Gasteiger partial charge is 0.411 e. The molecule has 0 N–H and O–H groups in total. The van der Waals surface area contributed by atoms with Gasteiger partial charge in [-0.25, -0.2) is 0 Å². The molecule has 0 radical (unpaired) electrons. The quantitative estimate of drug-likeness (QED) is 0.476. The number of ether oxygens (including phenoxy) is 1. The first-order valence-electron chi connectivity index (χ1n) is 4.23. The van der Waals surface area contributed by atoms with Gasteiger partial charge in [0.25, 0.3) is 0 Å². The summed E-state index contributed by atoms with van der Waals surface area (Å²) in [5, 5.41) is 0. The van der Waals surface area contributed by atoms with Gasteiger partial charge in [0.05, 0.1) is 0 Å². The SMILES string of the molecule is C=CCCCC(=O)COCC(F)(F)F. The van der Waals surface area contributed by atoms with E-state index >= 15 is 0 Å². The van der Waals surface area contributed by atoms with E-state index in [0.717, 1.165) is 0 Å². The zero-order chi connectivity index (χ0) is 11.0. The van der Waals surface area contributed by atoms with Gasteiger partial charge in [0.1, 0.15) is 13.2 Å². The summed E-state index contributed by atoms with van der Waals surface area (Å²) in [4.78, 5) is 10.9. The van der Waals surface area contributed by atoms with Gasteiger partial charge in [-0.2, -0.15) is 13.2 Å². The molecule has 0 aliphatic carbocycles. The second-order valence-electron chi connectivity index (χ2n) is 2.83. The molecule has 0 amide bonds. The Hall–Kier alpha value is -0.840. The fourth-order valence-electron chi connectivity index (χ4n) is 0.796. The summed E-state index contributed by atoms with van der Waals surface area (Å²) in [5.41, 5.74) is 0. The molecule has 0 unspecified atom stereocenters. The molecule has 0 aromatic heterocycles. The molecule has 5 heteroatoms. The zero-order valence-corrected chi connectivity index (χ0v) is 7.77. The highest BCUT2D eigenvalue weighted by atomic mass is 19.4.